The van der Waals surface area contributed by atoms with E-state index in [1.807, 2.05) is 22.9 Å². The third kappa shape index (κ3) is 4.12. The molecule has 22 heavy (non-hydrogen) atoms. The molecular weight excluding hydrogens is 276 g/mol. The van der Waals surface area contributed by atoms with E-state index in [4.69, 9.17) is 6.42 Å². The van der Waals surface area contributed by atoms with Crippen molar-refractivity contribution in [1.29, 1.82) is 0 Å². The second-order valence-electron chi connectivity index (χ2n) is 6.87. The highest BCUT2D eigenvalue weighted by molar-refractivity contribution is 5.88. The summed E-state index contributed by atoms with van der Waals surface area (Å²) in [5.74, 6) is 2.60. The molecule has 2 rings (SSSR count). The zero-order chi connectivity index (χ0) is 16.0. The fraction of sp³-hybridized carbons (Fsp3) is 0.722. The zero-order valence-corrected chi connectivity index (χ0v) is 13.6. The first-order chi connectivity index (χ1) is 10.6. The number of nitrogens with zero attached hydrogens (tertiary/aromatic N) is 2. The van der Waals surface area contributed by atoms with E-state index in [0.717, 1.165) is 13.0 Å². The van der Waals surface area contributed by atoms with E-state index in [-0.39, 0.29) is 24.0 Å². The van der Waals surface area contributed by atoms with Gasteiger partial charge in [-0.1, -0.05) is 31.3 Å². The van der Waals surface area contributed by atoms with Crippen molar-refractivity contribution < 1.29 is 9.90 Å². The molecule has 4 nitrogen and oxygen atoms in total. The van der Waals surface area contributed by atoms with Gasteiger partial charge in [-0.15, -0.1) is 6.42 Å². The van der Waals surface area contributed by atoms with Gasteiger partial charge in [-0.25, -0.2) is 0 Å². The largest absolute Gasteiger partial charge is 0.394 e. The van der Waals surface area contributed by atoms with E-state index < -0.39 is 0 Å². The lowest BCUT2D eigenvalue weighted by molar-refractivity contribution is -0.127. The van der Waals surface area contributed by atoms with Gasteiger partial charge >= 0.3 is 0 Å². The van der Waals surface area contributed by atoms with Crippen molar-refractivity contribution in [2.24, 2.45) is 5.41 Å². The Labute approximate surface area is 134 Å². The summed E-state index contributed by atoms with van der Waals surface area (Å²) in [5, 5.41) is 9.63. The highest BCUT2D eigenvalue weighted by atomic mass is 16.3. The van der Waals surface area contributed by atoms with E-state index in [9.17, 15) is 9.90 Å². The predicted octanol–water partition coefficient (Wildman–Crippen LogP) is 1.65. The number of likely N-dealkylation sites (tertiary alicyclic amines) is 1. The molecule has 1 atom stereocenters. The van der Waals surface area contributed by atoms with Crippen molar-refractivity contribution in [3.05, 3.63) is 12.2 Å². The number of amides is 1. The van der Waals surface area contributed by atoms with E-state index in [1.165, 1.54) is 32.1 Å². The Morgan fingerprint density at radius 1 is 1.45 bits per heavy atom. The Balaban J connectivity index is 1.93. The number of aliphatic hydroxyl groups is 1. The van der Waals surface area contributed by atoms with E-state index in [0.29, 0.717) is 13.1 Å². The van der Waals surface area contributed by atoms with Gasteiger partial charge in [0.1, 0.15) is 0 Å². The van der Waals surface area contributed by atoms with Gasteiger partial charge in [0.05, 0.1) is 19.2 Å². The number of rotatable bonds is 5. The smallest absolute Gasteiger partial charge is 0.246 e. The van der Waals surface area contributed by atoms with Crippen molar-refractivity contribution in [3.8, 4) is 12.3 Å². The number of carbonyl (C=O) groups is 1. The molecule has 0 bridgehead atoms. The lowest BCUT2D eigenvalue weighted by atomic mass is 9.73. The number of likely N-dealkylation sites (N-methyl/N-ethyl adjacent to an activating group) is 1. The van der Waals surface area contributed by atoms with Gasteiger partial charge in [-0.3, -0.25) is 9.69 Å². The monoisotopic (exact) mass is 304 g/mol. The van der Waals surface area contributed by atoms with Crippen molar-refractivity contribution in [3.63, 3.8) is 0 Å². The number of hydrogen-bond donors (Lipinski definition) is 1. The summed E-state index contributed by atoms with van der Waals surface area (Å²) in [6, 6.07) is -0.0151. The summed E-state index contributed by atoms with van der Waals surface area (Å²) in [4.78, 5) is 16.3. The molecule has 2 fully saturated rings. The number of terminal acetylenes is 1. The van der Waals surface area contributed by atoms with Crippen LogP contribution >= 0.6 is 0 Å². The summed E-state index contributed by atoms with van der Waals surface area (Å²) in [6.45, 7) is 2.11. The molecule has 1 saturated carbocycles. The topological polar surface area (TPSA) is 43.8 Å². The molecule has 1 unspecified atom stereocenters. The predicted molar refractivity (Wildman–Crippen MR) is 88.2 cm³/mol. The molecule has 1 saturated heterocycles. The molecule has 4 heteroatoms. The Kier molecular flexibility index (Phi) is 6.05. The van der Waals surface area contributed by atoms with Crippen molar-refractivity contribution >= 4 is 5.91 Å². The first kappa shape index (κ1) is 17.1. The highest BCUT2D eigenvalue weighted by Gasteiger charge is 2.45. The van der Waals surface area contributed by atoms with Crippen LogP contribution in [0.4, 0.5) is 0 Å². The van der Waals surface area contributed by atoms with Crippen LogP contribution in [0.1, 0.15) is 38.5 Å². The van der Waals surface area contributed by atoms with Crippen LogP contribution < -0.4 is 0 Å². The van der Waals surface area contributed by atoms with Crippen molar-refractivity contribution in [1.82, 2.24) is 9.80 Å². The molecule has 1 heterocycles. The van der Waals surface area contributed by atoms with Crippen LogP contribution in [0.5, 0.6) is 0 Å². The summed E-state index contributed by atoms with van der Waals surface area (Å²) in [7, 11) is 1.93. The third-order valence-corrected chi connectivity index (χ3v) is 5.06. The van der Waals surface area contributed by atoms with Gasteiger partial charge < -0.3 is 10.0 Å². The minimum atomic E-state index is -0.0151. The summed E-state index contributed by atoms with van der Waals surface area (Å²) < 4.78 is 0. The second kappa shape index (κ2) is 7.80. The van der Waals surface area contributed by atoms with Crippen LogP contribution in [0.3, 0.4) is 0 Å². The lowest BCUT2D eigenvalue weighted by Gasteiger charge is -2.32. The van der Waals surface area contributed by atoms with E-state index >= 15 is 0 Å². The van der Waals surface area contributed by atoms with Crippen LogP contribution in [0.25, 0.3) is 0 Å². The third-order valence-electron chi connectivity index (χ3n) is 5.06. The maximum atomic E-state index is 12.4. The SMILES string of the molecule is C#CCN(C)C/C=C/C(=O)N1CC2(CCCCC2)CC1CO. The second-order valence-corrected chi connectivity index (χ2v) is 6.87. The Hall–Kier alpha value is -1.31. The Morgan fingerprint density at radius 2 is 2.18 bits per heavy atom. The van der Waals surface area contributed by atoms with Gasteiger partial charge in [-0.2, -0.15) is 0 Å². The average molecular weight is 304 g/mol. The standard InChI is InChI=1S/C18H28N2O2/c1-3-11-19(2)12-7-8-17(22)20-15-18(13-16(20)14-21)9-5-4-6-10-18/h1,7-8,16,21H,4-6,9-15H2,2H3/b8-7+. The summed E-state index contributed by atoms with van der Waals surface area (Å²) >= 11 is 0. The summed E-state index contributed by atoms with van der Waals surface area (Å²) in [6.07, 6.45) is 15.9. The maximum Gasteiger partial charge on any atom is 0.246 e. The zero-order valence-electron chi connectivity index (χ0n) is 13.6. The first-order valence-corrected chi connectivity index (χ1v) is 8.30. The molecule has 1 aliphatic carbocycles. The molecule has 122 valence electrons. The van der Waals surface area contributed by atoms with Crippen LogP contribution in [0, 0.1) is 17.8 Å². The minimum absolute atomic E-state index is 0.0151. The fourth-order valence-corrected chi connectivity index (χ4v) is 3.90. The Morgan fingerprint density at radius 3 is 2.82 bits per heavy atom. The fourth-order valence-electron chi connectivity index (χ4n) is 3.90. The normalized spacial score (nSPS) is 24.3. The maximum absolute atomic E-state index is 12.4. The molecular formula is C18H28N2O2. The van der Waals surface area contributed by atoms with E-state index in [2.05, 4.69) is 5.92 Å². The van der Waals surface area contributed by atoms with Crippen LogP contribution in [-0.4, -0.2) is 60.1 Å². The van der Waals surface area contributed by atoms with Crippen molar-refractivity contribution in [2.45, 2.75) is 44.6 Å². The van der Waals surface area contributed by atoms with Crippen LogP contribution in [-0.2, 0) is 4.79 Å². The van der Waals surface area contributed by atoms with Gasteiger partial charge in [0.15, 0.2) is 0 Å². The molecule has 1 amide bonds. The highest BCUT2D eigenvalue weighted by Crippen LogP contribution is 2.46. The van der Waals surface area contributed by atoms with Crippen LogP contribution in [0.2, 0.25) is 0 Å². The molecule has 0 aromatic carbocycles. The van der Waals surface area contributed by atoms with Gasteiger partial charge in [-0.05, 0) is 31.7 Å². The molecule has 2 aliphatic rings. The number of hydrogen-bond acceptors (Lipinski definition) is 3. The molecule has 0 radical (unpaired) electrons. The van der Waals surface area contributed by atoms with Gasteiger partial charge in [0.25, 0.3) is 0 Å². The van der Waals surface area contributed by atoms with Crippen LogP contribution in [0.15, 0.2) is 12.2 Å². The van der Waals surface area contributed by atoms with Gasteiger partial charge in [0, 0.05) is 19.2 Å². The Bertz CT molecular complexity index is 446. The molecule has 0 aromatic heterocycles. The minimum Gasteiger partial charge on any atom is -0.394 e. The van der Waals surface area contributed by atoms with Gasteiger partial charge in [0.2, 0.25) is 5.91 Å². The first-order valence-electron chi connectivity index (χ1n) is 8.30. The number of carbonyl (C=O) groups excluding carboxylic acids is 1. The molecule has 1 aliphatic heterocycles. The molecule has 0 aromatic rings. The number of aliphatic hydroxyl groups excluding tert-OH is 1. The summed E-state index contributed by atoms with van der Waals surface area (Å²) in [5.41, 5.74) is 0.259. The van der Waals surface area contributed by atoms with Crippen molar-refractivity contribution in [2.75, 3.05) is 33.3 Å². The quantitative estimate of drug-likeness (QED) is 0.620. The molecule has 1 N–H and O–H groups in total. The van der Waals surface area contributed by atoms with E-state index in [1.54, 1.807) is 6.08 Å². The molecule has 1 spiro atoms. The average Bonchev–Trinajstić information content (AvgIpc) is 2.86. The lowest BCUT2D eigenvalue weighted by Crippen LogP contribution is -2.37.